The first-order valence-corrected chi connectivity index (χ1v) is 12.7. The Morgan fingerprint density at radius 1 is 1.14 bits per heavy atom. The van der Waals surface area contributed by atoms with Crippen LogP contribution in [0.1, 0.15) is 11.1 Å². The Kier molecular flexibility index (Phi) is 7.09. The van der Waals surface area contributed by atoms with Crippen LogP contribution in [0.15, 0.2) is 74.8 Å². The molecule has 11 heteroatoms. The molecule has 3 aromatic carbocycles. The SMILES string of the molecule is COc1ccc(CNC(=O)CN(c2cccc(Cl)c2C)S(=O)(=O)c2ccc3c(c2)oc(=O)n3C)cc1. The summed E-state index contributed by atoms with van der Waals surface area (Å²) in [6, 6.07) is 16.1. The summed E-state index contributed by atoms with van der Waals surface area (Å²) in [6.07, 6.45) is 0. The molecule has 36 heavy (non-hydrogen) atoms. The lowest BCUT2D eigenvalue weighted by atomic mass is 10.2. The summed E-state index contributed by atoms with van der Waals surface area (Å²) in [5, 5.41) is 3.11. The van der Waals surface area contributed by atoms with Gasteiger partial charge in [0.15, 0.2) is 5.58 Å². The Morgan fingerprint density at radius 3 is 2.56 bits per heavy atom. The largest absolute Gasteiger partial charge is 0.497 e. The molecule has 4 rings (SSSR count). The van der Waals surface area contributed by atoms with Crippen molar-refractivity contribution >= 4 is 44.3 Å². The molecular weight excluding hydrogens is 506 g/mol. The van der Waals surface area contributed by atoms with Crippen LogP contribution in [0, 0.1) is 6.92 Å². The molecule has 0 spiro atoms. The van der Waals surface area contributed by atoms with Crippen molar-refractivity contribution in [1.29, 1.82) is 0 Å². The Hall–Kier alpha value is -3.76. The van der Waals surface area contributed by atoms with Gasteiger partial charge in [-0.2, -0.15) is 0 Å². The zero-order valence-corrected chi connectivity index (χ0v) is 21.4. The van der Waals surface area contributed by atoms with E-state index in [1.165, 1.54) is 29.8 Å². The number of oxazole rings is 1. The lowest BCUT2D eigenvalue weighted by Crippen LogP contribution is -2.41. The molecule has 9 nitrogen and oxygen atoms in total. The Morgan fingerprint density at radius 2 is 1.86 bits per heavy atom. The number of methoxy groups -OCH3 is 1. The van der Waals surface area contributed by atoms with Gasteiger partial charge in [-0.1, -0.05) is 29.8 Å². The molecule has 1 heterocycles. The molecule has 1 aromatic heterocycles. The van der Waals surface area contributed by atoms with Gasteiger partial charge in [-0.15, -0.1) is 0 Å². The van der Waals surface area contributed by atoms with E-state index in [0.717, 1.165) is 9.87 Å². The lowest BCUT2D eigenvalue weighted by molar-refractivity contribution is -0.119. The summed E-state index contributed by atoms with van der Waals surface area (Å²) in [5.41, 5.74) is 2.15. The van der Waals surface area contributed by atoms with Gasteiger partial charge in [-0.3, -0.25) is 13.7 Å². The number of hydrogen-bond donors (Lipinski definition) is 1. The van der Waals surface area contributed by atoms with E-state index in [4.69, 9.17) is 20.8 Å². The van der Waals surface area contributed by atoms with Crippen LogP contribution in [0.4, 0.5) is 5.69 Å². The van der Waals surface area contributed by atoms with Crippen molar-refractivity contribution in [2.45, 2.75) is 18.4 Å². The van der Waals surface area contributed by atoms with E-state index >= 15 is 0 Å². The molecule has 0 saturated heterocycles. The number of hydrogen-bond acceptors (Lipinski definition) is 6. The average Bonchev–Trinajstić information content (AvgIpc) is 3.16. The molecule has 0 aliphatic rings. The molecule has 1 amide bonds. The van der Waals surface area contributed by atoms with Crippen molar-refractivity contribution in [3.05, 3.63) is 87.4 Å². The van der Waals surface area contributed by atoms with Gasteiger partial charge in [0.2, 0.25) is 5.91 Å². The third-order valence-corrected chi connectivity index (χ3v) is 7.96. The van der Waals surface area contributed by atoms with E-state index < -0.39 is 28.2 Å². The van der Waals surface area contributed by atoms with Crippen molar-refractivity contribution in [3.63, 3.8) is 0 Å². The molecule has 0 saturated carbocycles. The summed E-state index contributed by atoms with van der Waals surface area (Å²) in [6.45, 7) is 1.39. The summed E-state index contributed by atoms with van der Waals surface area (Å²) in [4.78, 5) is 24.7. The number of ether oxygens (including phenoxy) is 1. The van der Waals surface area contributed by atoms with Crippen LogP contribution in [0.3, 0.4) is 0 Å². The highest BCUT2D eigenvalue weighted by Crippen LogP contribution is 2.31. The van der Waals surface area contributed by atoms with E-state index in [-0.39, 0.29) is 22.7 Å². The molecule has 0 fully saturated rings. The van der Waals surface area contributed by atoms with Gasteiger partial charge in [0.25, 0.3) is 10.0 Å². The number of nitrogens with zero attached hydrogens (tertiary/aromatic N) is 2. The second-order valence-corrected chi connectivity index (χ2v) is 10.3. The monoisotopic (exact) mass is 529 g/mol. The molecule has 0 aliphatic carbocycles. The first-order valence-electron chi connectivity index (χ1n) is 10.9. The van der Waals surface area contributed by atoms with Gasteiger partial charge >= 0.3 is 5.76 Å². The average molecular weight is 530 g/mol. The van der Waals surface area contributed by atoms with Gasteiger partial charge < -0.3 is 14.5 Å². The molecule has 0 atom stereocenters. The number of fused-ring (bicyclic) bond motifs is 1. The number of anilines is 1. The second kappa shape index (κ2) is 10.1. The van der Waals surface area contributed by atoms with Gasteiger partial charge in [0, 0.05) is 24.7 Å². The fraction of sp³-hybridized carbons (Fsp3) is 0.200. The zero-order valence-electron chi connectivity index (χ0n) is 19.8. The third-order valence-electron chi connectivity index (χ3n) is 5.80. The Balaban J connectivity index is 1.67. The van der Waals surface area contributed by atoms with Crippen molar-refractivity contribution in [1.82, 2.24) is 9.88 Å². The number of carbonyl (C=O) groups is 1. The minimum atomic E-state index is -4.25. The van der Waals surface area contributed by atoms with Gasteiger partial charge in [0.05, 0.1) is 23.2 Å². The second-order valence-electron chi connectivity index (χ2n) is 8.08. The van der Waals surface area contributed by atoms with Crippen LogP contribution in [-0.2, 0) is 28.4 Å². The lowest BCUT2D eigenvalue weighted by Gasteiger charge is -2.26. The predicted molar refractivity (Wildman–Crippen MR) is 137 cm³/mol. The maximum absolute atomic E-state index is 13.8. The fourth-order valence-electron chi connectivity index (χ4n) is 3.70. The van der Waals surface area contributed by atoms with E-state index in [9.17, 15) is 18.0 Å². The summed E-state index contributed by atoms with van der Waals surface area (Å²) < 4.78 is 40.1. The summed E-state index contributed by atoms with van der Waals surface area (Å²) >= 11 is 6.27. The number of carbonyl (C=O) groups excluding carboxylic acids is 1. The summed E-state index contributed by atoms with van der Waals surface area (Å²) in [7, 11) is -1.16. The van der Waals surface area contributed by atoms with E-state index in [1.54, 1.807) is 56.5 Å². The minimum Gasteiger partial charge on any atom is -0.497 e. The maximum atomic E-state index is 13.8. The van der Waals surface area contributed by atoms with E-state index in [1.807, 2.05) is 0 Å². The van der Waals surface area contributed by atoms with Crippen molar-refractivity contribution in [2.75, 3.05) is 18.0 Å². The van der Waals surface area contributed by atoms with Crippen LogP contribution in [0.2, 0.25) is 5.02 Å². The van der Waals surface area contributed by atoms with Gasteiger partial charge in [-0.25, -0.2) is 13.2 Å². The molecule has 0 radical (unpaired) electrons. The number of aromatic nitrogens is 1. The Bertz CT molecular complexity index is 1590. The van der Waals surface area contributed by atoms with E-state index in [0.29, 0.717) is 21.9 Å². The maximum Gasteiger partial charge on any atom is 0.419 e. The first-order chi connectivity index (χ1) is 17.1. The molecule has 4 aromatic rings. The van der Waals surface area contributed by atoms with Gasteiger partial charge in [-0.05, 0) is 54.4 Å². The van der Waals surface area contributed by atoms with Crippen molar-refractivity contribution in [2.24, 2.45) is 7.05 Å². The topological polar surface area (TPSA) is 111 Å². The first kappa shape index (κ1) is 25.3. The number of benzene rings is 3. The summed E-state index contributed by atoms with van der Waals surface area (Å²) in [5.74, 6) is -0.439. The molecule has 188 valence electrons. The highest BCUT2D eigenvalue weighted by molar-refractivity contribution is 7.92. The number of aryl methyl sites for hydroxylation is 1. The fourth-order valence-corrected chi connectivity index (χ4v) is 5.36. The van der Waals surface area contributed by atoms with Crippen molar-refractivity contribution in [3.8, 4) is 5.75 Å². The number of sulfonamides is 1. The third kappa shape index (κ3) is 4.95. The van der Waals surface area contributed by atoms with Crippen LogP contribution in [0.25, 0.3) is 11.1 Å². The van der Waals surface area contributed by atoms with Crippen molar-refractivity contribution < 1.29 is 22.4 Å². The zero-order chi connectivity index (χ0) is 26.0. The van der Waals surface area contributed by atoms with Gasteiger partial charge in [0.1, 0.15) is 12.3 Å². The highest BCUT2D eigenvalue weighted by Gasteiger charge is 2.29. The highest BCUT2D eigenvalue weighted by atomic mass is 35.5. The van der Waals surface area contributed by atoms with E-state index in [2.05, 4.69) is 5.32 Å². The van der Waals surface area contributed by atoms with Crippen LogP contribution in [-0.4, -0.2) is 32.5 Å². The number of amides is 1. The predicted octanol–water partition coefficient (Wildman–Crippen LogP) is 3.61. The number of rotatable bonds is 8. The normalized spacial score (nSPS) is 11.4. The molecule has 0 bridgehead atoms. The standard InChI is InChI=1S/C25H24ClN3O6S/c1-16-20(26)5-4-6-21(16)29(15-24(30)27-14-17-7-9-18(34-3)10-8-17)36(32,33)19-11-12-22-23(13-19)35-25(31)28(22)2/h4-13H,14-15H2,1-3H3,(H,27,30). The number of nitrogens with one attached hydrogen (secondary N) is 1. The molecule has 0 unspecified atom stereocenters. The minimum absolute atomic E-state index is 0.121. The quantitative estimate of drug-likeness (QED) is 0.373. The Labute approximate surface area is 212 Å². The molecule has 0 aliphatic heterocycles. The molecular formula is C25H24ClN3O6S. The van der Waals surface area contributed by atoms with Crippen LogP contribution >= 0.6 is 11.6 Å². The molecule has 1 N–H and O–H groups in total. The van der Waals surface area contributed by atoms with Crippen LogP contribution in [0.5, 0.6) is 5.75 Å². The number of halogens is 1. The van der Waals surface area contributed by atoms with Crippen LogP contribution < -0.4 is 20.1 Å². The smallest absolute Gasteiger partial charge is 0.419 e.